The molecule has 0 atom stereocenters. The van der Waals surface area contributed by atoms with Crippen LogP contribution in [0, 0.1) is 36.5 Å². The van der Waals surface area contributed by atoms with E-state index >= 15 is 0 Å². The first-order valence-electron chi connectivity index (χ1n) is 8.98. The molecule has 8 heteroatoms. The van der Waals surface area contributed by atoms with Gasteiger partial charge in [-0.1, -0.05) is 12.8 Å². The molecule has 2 heterocycles. The van der Waals surface area contributed by atoms with Crippen LogP contribution in [0.2, 0.25) is 0 Å². The van der Waals surface area contributed by atoms with Crippen molar-refractivity contribution >= 4 is 0 Å². The molecule has 0 amide bonds. The first-order valence-corrected chi connectivity index (χ1v) is 8.98. The van der Waals surface area contributed by atoms with Crippen LogP contribution in [-0.2, 0) is 13.1 Å². The highest BCUT2D eigenvalue weighted by atomic mass is 16.3. The van der Waals surface area contributed by atoms with Gasteiger partial charge in [0.15, 0.2) is 11.8 Å². The Labute approximate surface area is 162 Å². The average molecular weight is 382 g/mol. The fraction of sp³-hybridized carbons (Fsp3) is 0.400. The number of aromatic hydroxyl groups is 2. The first kappa shape index (κ1) is 20.8. The molecular weight excluding hydrogens is 360 g/mol. The van der Waals surface area contributed by atoms with Crippen molar-refractivity contribution in [1.82, 2.24) is 9.13 Å². The normalized spacial score (nSPS) is 10.4. The molecule has 0 bridgehead atoms. The molecule has 0 aromatic carbocycles. The molecule has 2 N–H and O–H groups in total. The minimum absolute atomic E-state index is 0.0281. The van der Waals surface area contributed by atoms with Gasteiger partial charge in [-0.05, 0) is 37.8 Å². The van der Waals surface area contributed by atoms with E-state index in [4.69, 9.17) is 10.5 Å². The summed E-state index contributed by atoms with van der Waals surface area (Å²) in [7, 11) is 0. The molecule has 0 aliphatic carbocycles. The van der Waals surface area contributed by atoms with Crippen LogP contribution >= 0.6 is 0 Å². The van der Waals surface area contributed by atoms with Gasteiger partial charge >= 0.3 is 0 Å². The van der Waals surface area contributed by atoms with E-state index in [0.717, 1.165) is 12.8 Å². The second kappa shape index (κ2) is 8.92. The molecule has 28 heavy (non-hydrogen) atoms. The number of nitriles is 2. The van der Waals surface area contributed by atoms with Gasteiger partial charge in [0.2, 0.25) is 0 Å². The number of unbranched alkanes of at least 4 members (excludes halogenated alkanes) is 3. The van der Waals surface area contributed by atoms with E-state index in [2.05, 4.69) is 0 Å². The highest BCUT2D eigenvalue weighted by molar-refractivity contribution is 5.38. The van der Waals surface area contributed by atoms with Crippen LogP contribution < -0.4 is 11.1 Å². The number of hydrogen-bond acceptors (Lipinski definition) is 6. The first-order chi connectivity index (χ1) is 13.3. The molecule has 2 aromatic rings. The van der Waals surface area contributed by atoms with Crippen molar-refractivity contribution in [3.63, 3.8) is 0 Å². The Bertz CT molecular complexity index is 996. The molecule has 0 spiro atoms. The third kappa shape index (κ3) is 4.24. The Hall–Kier alpha value is -3.52. The lowest BCUT2D eigenvalue weighted by atomic mass is 10.1. The summed E-state index contributed by atoms with van der Waals surface area (Å²) >= 11 is 0. The molecular formula is C20H22N4O4. The van der Waals surface area contributed by atoms with Crippen LogP contribution in [0.15, 0.2) is 21.7 Å². The van der Waals surface area contributed by atoms with Crippen molar-refractivity contribution < 1.29 is 10.2 Å². The fourth-order valence-electron chi connectivity index (χ4n) is 3.10. The van der Waals surface area contributed by atoms with Crippen molar-refractivity contribution in [3.8, 4) is 23.9 Å². The van der Waals surface area contributed by atoms with Gasteiger partial charge in [-0.15, -0.1) is 0 Å². The zero-order valence-corrected chi connectivity index (χ0v) is 15.9. The van der Waals surface area contributed by atoms with E-state index in [-0.39, 0.29) is 36.0 Å². The summed E-state index contributed by atoms with van der Waals surface area (Å²) in [5.74, 6) is -0.330. The van der Waals surface area contributed by atoms with E-state index in [1.165, 1.54) is 21.3 Å². The van der Waals surface area contributed by atoms with Gasteiger partial charge < -0.3 is 10.2 Å². The van der Waals surface area contributed by atoms with Crippen LogP contribution in [0.3, 0.4) is 0 Å². The third-order valence-electron chi connectivity index (χ3n) is 4.69. The van der Waals surface area contributed by atoms with Crippen LogP contribution in [0.5, 0.6) is 11.8 Å². The maximum Gasteiger partial charge on any atom is 0.271 e. The summed E-state index contributed by atoms with van der Waals surface area (Å²) in [5, 5.41) is 38.0. The van der Waals surface area contributed by atoms with E-state index in [1.54, 1.807) is 13.8 Å². The van der Waals surface area contributed by atoms with Crippen molar-refractivity contribution in [2.75, 3.05) is 0 Å². The predicted molar refractivity (Wildman–Crippen MR) is 102 cm³/mol. The van der Waals surface area contributed by atoms with Crippen molar-refractivity contribution in [3.05, 3.63) is 55.1 Å². The Morgan fingerprint density at radius 1 is 0.786 bits per heavy atom. The largest absolute Gasteiger partial charge is 0.494 e. The molecule has 0 aliphatic heterocycles. The molecule has 0 aliphatic rings. The summed E-state index contributed by atoms with van der Waals surface area (Å²) in [6, 6.07) is 6.53. The molecule has 0 fully saturated rings. The van der Waals surface area contributed by atoms with Crippen LogP contribution in [0.4, 0.5) is 0 Å². The number of hydrogen-bond donors (Lipinski definition) is 2. The molecule has 0 unspecified atom stereocenters. The summed E-state index contributed by atoms with van der Waals surface area (Å²) in [6.45, 7) is 3.77. The van der Waals surface area contributed by atoms with Gasteiger partial charge in [-0.2, -0.15) is 10.5 Å². The molecule has 0 radical (unpaired) electrons. The Morgan fingerprint density at radius 3 is 1.46 bits per heavy atom. The summed E-state index contributed by atoms with van der Waals surface area (Å²) in [5.41, 5.74) is -0.0522. The minimum atomic E-state index is -0.500. The molecule has 0 saturated carbocycles. The quantitative estimate of drug-likeness (QED) is 0.704. The van der Waals surface area contributed by atoms with E-state index in [0.29, 0.717) is 24.0 Å². The monoisotopic (exact) mass is 382 g/mol. The van der Waals surface area contributed by atoms with Crippen LogP contribution in [-0.4, -0.2) is 19.3 Å². The molecule has 8 nitrogen and oxygen atoms in total. The highest BCUT2D eigenvalue weighted by Gasteiger charge is 2.12. The number of rotatable bonds is 7. The van der Waals surface area contributed by atoms with E-state index in [9.17, 15) is 19.8 Å². The van der Waals surface area contributed by atoms with Crippen LogP contribution in [0.1, 0.15) is 47.9 Å². The predicted octanol–water partition coefficient (Wildman–Crippen LogP) is 2.04. The lowest BCUT2D eigenvalue weighted by Crippen LogP contribution is -2.24. The molecule has 2 aromatic heterocycles. The zero-order valence-electron chi connectivity index (χ0n) is 15.9. The maximum atomic E-state index is 12.2. The molecule has 2 rings (SSSR count). The van der Waals surface area contributed by atoms with Gasteiger partial charge in [0.05, 0.1) is 0 Å². The SMILES string of the molecule is Cc1cc(O)n(CCCCCCn2c(O)cc(C)c(C#N)c2=O)c(=O)c1C#N. The summed E-state index contributed by atoms with van der Waals surface area (Å²) in [4.78, 5) is 24.4. The van der Waals surface area contributed by atoms with Gasteiger partial charge in [0.25, 0.3) is 11.1 Å². The Balaban J connectivity index is 1.93. The second-order valence-corrected chi connectivity index (χ2v) is 6.67. The molecule has 0 saturated heterocycles. The minimum Gasteiger partial charge on any atom is -0.494 e. The number of nitrogens with zero attached hydrogens (tertiary/aromatic N) is 4. The van der Waals surface area contributed by atoms with Gasteiger partial charge in [-0.25, -0.2) is 0 Å². The number of pyridine rings is 2. The topological polar surface area (TPSA) is 132 Å². The fourth-order valence-corrected chi connectivity index (χ4v) is 3.10. The lowest BCUT2D eigenvalue weighted by molar-refractivity contribution is 0.389. The average Bonchev–Trinajstić information content (AvgIpc) is 2.62. The smallest absolute Gasteiger partial charge is 0.271 e. The van der Waals surface area contributed by atoms with E-state index in [1.807, 2.05) is 12.1 Å². The van der Waals surface area contributed by atoms with Crippen molar-refractivity contribution in [2.24, 2.45) is 0 Å². The number of aromatic nitrogens is 2. The second-order valence-electron chi connectivity index (χ2n) is 6.67. The maximum absolute atomic E-state index is 12.2. The third-order valence-corrected chi connectivity index (χ3v) is 4.69. The summed E-state index contributed by atoms with van der Waals surface area (Å²) < 4.78 is 2.36. The van der Waals surface area contributed by atoms with Gasteiger partial charge in [-0.3, -0.25) is 18.7 Å². The standard InChI is InChI=1S/C20H22N4O4/c1-13-9-17(25)23(19(27)15(13)11-21)7-5-3-4-6-8-24-18(26)10-14(2)16(12-22)20(24)28/h9-10,25-26H,3-8H2,1-2H3. The number of aryl methyl sites for hydroxylation is 2. The zero-order chi connectivity index (χ0) is 20.8. The van der Waals surface area contributed by atoms with Gasteiger partial charge in [0, 0.05) is 25.2 Å². The Kier molecular flexibility index (Phi) is 6.62. The van der Waals surface area contributed by atoms with Gasteiger partial charge in [0.1, 0.15) is 23.3 Å². The molecule has 146 valence electrons. The van der Waals surface area contributed by atoms with Crippen molar-refractivity contribution in [1.29, 1.82) is 10.5 Å². The Morgan fingerprint density at radius 2 is 1.14 bits per heavy atom. The van der Waals surface area contributed by atoms with Crippen molar-refractivity contribution in [2.45, 2.75) is 52.6 Å². The lowest BCUT2D eigenvalue weighted by Gasteiger charge is -2.11. The van der Waals surface area contributed by atoms with E-state index < -0.39 is 11.1 Å². The highest BCUT2D eigenvalue weighted by Crippen LogP contribution is 2.15. The summed E-state index contributed by atoms with van der Waals surface area (Å²) in [6.07, 6.45) is 2.68. The van der Waals surface area contributed by atoms with Crippen LogP contribution in [0.25, 0.3) is 0 Å².